The Morgan fingerprint density at radius 2 is 0.757 bits per heavy atom. The second-order valence-electron chi connectivity index (χ2n) is 13.4. The quantitative estimate of drug-likeness (QED) is 0.384. The molecule has 3 aliphatic rings. The molecule has 2 saturated heterocycles. The van der Waals surface area contributed by atoms with Crippen molar-refractivity contribution >= 4 is 25.2 Å². The molecular formula is C31H44B2O4. The molecule has 0 amide bonds. The van der Waals surface area contributed by atoms with E-state index >= 15 is 0 Å². The smallest absolute Gasteiger partial charge is 0.399 e. The first kappa shape index (κ1) is 27.0. The van der Waals surface area contributed by atoms with Crippen LogP contribution in [0.1, 0.15) is 105 Å². The molecule has 0 atom stereocenters. The minimum absolute atomic E-state index is 0.0133. The third kappa shape index (κ3) is 4.73. The zero-order valence-corrected chi connectivity index (χ0v) is 24.1. The van der Waals surface area contributed by atoms with Crippen LogP contribution in [0.3, 0.4) is 0 Å². The number of benzene rings is 2. The Balaban J connectivity index is 1.43. The van der Waals surface area contributed by atoms with Gasteiger partial charge in [0.25, 0.3) is 0 Å². The molecule has 5 rings (SSSR count). The highest BCUT2D eigenvalue weighted by Crippen LogP contribution is 2.44. The number of hydrogen-bond donors (Lipinski definition) is 0. The van der Waals surface area contributed by atoms with Crippen molar-refractivity contribution in [2.24, 2.45) is 0 Å². The monoisotopic (exact) mass is 502 g/mol. The van der Waals surface area contributed by atoms with Crippen LogP contribution in [0.5, 0.6) is 0 Å². The molecule has 1 saturated carbocycles. The minimum atomic E-state index is -0.336. The van der Waals surface area contributed by atoms with E-state index in [2.05, 4.69) is 104 Å². The molecule has 37 heavy (non-hydrogen) atoms. The summed E-state index contributed by atoms with van der Waals surface area (Å²) in [5, 5.41) is 0. The van der Waals surface area contributed by atoms with Crippen LogP contribution in [0.25, 0.3) is 0 Å². The molecule has 198 valence electrons. The highest BCUT2D eigenvalue weighted by Gasteiger charge is 2.53. The van der Waals surface area contributed by atoms with Crippen LogP contribution in [0.2, 0.25) is 0 Å². The van der Waals surface area contributed by atoms with Gasteiger partial charge in [-0.3, -0.25) is 0 Å². The van der Waals surface area contributed by atoms with Crippen LogP contribution in [-0.4, -0.2) is 36.6 Å². The van der Waals surface area contributed by atoms with Crippen molar-refractivity contribution in [2.45, 2.75) is 122 Å². The Bertz CT molecular complexity index is 984. The van der Waals surface area contributed by atoms with E-state index in [1.807, 2.05) is 0 Å². The Labute approximate surface area is 225 Å². The summed E-state index contributed by atoms with van der Waals surface area (Å²) < 4.78 is 25.2. The van der Waals surface area contributed by atoms with Gasteiger partial charge in [0.2, 0.25) is 0 Å². The van der Waals surface area contributed by atoms with E-state index in [1.54, 1.807) is 0 Å². The summed E-state index contributed by atoms with van der Waals surface area (Å²) >= 11 is 0. The predicted molar refractivity (Wildman–Crippen MR) is 153 cm³/mol. The first-order valence-electron chi connectivity index (χ1n) is 14.2. The Hall–Kier alpha value is -1.59. The van der Waals surface area contributed by atoms with Crippen LogP contribution >= 0.6 is 0 Å². The van der Waals surface area contributed by atoms with Crippen molar-refractivity contribution in [3.05, 3.63) is 59.7 Å². The molecule has 2 aromatic carbocycles. The van der Waals surface area contributed by atoms with Crippen molar-refractivity contribution in [3.63, 3.8) is 0 Å². The normalized spacial score (nSPS) is 25.7. The molecule has 0 unspecified atom stereocenters. The van der Waals surface area contributed by atoms with Gasteiger partial charge in [0.15, 0.2) is 0 Å². The van der Waals surface area contributed by atoms with Gasteiger partial charge in [-0.1, -0.05) is 74.2 Å². The van der Waals surface area contributed by atoms with Crippen LogP contribution in [0.15, 0.2) is 48.5 Å². The van der Waals surface area contributed by atoms with E-state index in [1.165, 1.54) is 49.7 Å². The number of hydrogen-bond acceptors (Lipinski definition) is 4. The van der Waals surface area contributed by atoms with Crippen molar-refractivity contribution in [3.8, 4) is 0 Å². The summed E-state index contributed by atoms with van der Waals surface area (Å²) in [6.45, 7) is 16.9. The van der Waals surface area contributed by atoms with Crippen molar-refractivity contribution in [2.75, 3.05) is 0 Å². The standard InChI is InChI=1S/C31H44B2O4/c1-27(2)28(3,4)35-32(34-27)25-17-13-23(14-18-25)31(21-11-9-10-12-22-31)24-15-19-26(20-16-24)33-36-29(5,6)30(7,8)37-33/h13-20H,9-12,21-22H2,1-8H3. The van der Waals surface area contributed by atoms with Crippen LogP contribution in [0, 0.1) is 0 Å². The molecular weight excluding hydrogens is 458 g/mol. The lowest BCUT2D eigenvalue weighted by Gasteiger charge is -2.35. The lowest BCUT2D eigenvalue weighted by Crippen LogP contribution is -2.41. The summed E-state index contributed by atoms with van der Waals surface area (Å²) in [6, 6.07) is 18.1. The molecule has 2 aliphatic heterocycles. The summed E-state index contributed by atoms with van der Waals surface area (Å²) in [5.74, 6) is 0. The average molecular weight is 502 g/mol. The van der Waals surface area contributed by atoms with Crippen LogP contribution in [-0.2, 0) is 24.0 Å². The first-order chi connectivity index (χ1) is 17.3. The van der Waals surface area contributed by atoms with Gasteiger partial charge in [0.1, 0.15) is 0 Å². The van der Waals surface area contributed by atoms with Crippen molar-refractivity contribution in [1.82, 2.24) is 0 Å². The van der Waals surface area contributed by atoms with E-state index in [4.69, 9.17) is 18.6 Å². The maximum Gasteiger partial charge on any atom is 0.494 e. The van der Waals surface area contributed by atoms with Gasteiger partial charge in [0, 0.05) is 5.41 Å². The van der Waals surface area contributed by atoms with Gasteiger partial charge < -0.3 is 18.6 Å². The Morgan fingerprint density at radius 1 is 0.459 bits per heavy atom. The fourth-order valence-electron chi connectivity index (χ4n) is 5.95. The molecule has 0 radical (unpaired) electrons. The summed E-state index contributed by atoms with van der Waals surface area (Å²) in [4.78, 5) is 0. The van der Waals surface area contributed by atoms with Crippen LogP contribution in [0.4, 0.5) is 0 Å². The largest absolute Gasteiger partial charge is 0.494 e. The van der Waals surface area contributed by atoms with E-state index in [-0.39, 0.29) is 42.1 Å². The highest BCUT2D eigenvalue weighted by molar-refractivity contribution is 6.62. The molecule has 0 bridgehead atoms. The maximum atomic E-state index is 6.31. The Morgan fingerprint density at radius 3 is 1.05 bits per heavy atom. The van der Waals surface area contributed by atoms with E-state index in [9.17, 15) is 0 Å². The zero-order chi connectivity index (χ0) is 26.7. The summed E-state index contributed by atoms with van der Waals surface area (Å²) in [6.07, 6.45) is 7.44. The SMILES string of the molecule is CC1(C)OB(c2ccc(C3(c4ccc(B5OC(C)(C)C(C)(C)O5)cc4)CCCCCC3)cc2)OC1(C)C. The fraction of sp³-hybridized carbons (Fsp3) is 0.613. The molecule has 2 heterocycles. The molecule has 1 aliphatic carbocycles. The van der Waals surface area contributed by atoms with E-state index in [0.29, 0.717) is 0 Å². The fourth-order valence-corrected chi connectivity index (χ4v) is 5.95. The topological polar surface area (TPSA) is 36.9 Å². The molecule has 0 spiro atoms. The van der Waals surface area contributed by atoms with Gasteiger partial charge in [-0.05, 0) is 90.3 Å². The second-order valence-corrected chi connectivity index (χ2v) is 13.4. The second kappa shape index (κ2) is 9.26. The number of rotatable bonds is 4. The van der Waals surface area contributed by atoms with Gasteiger partial charge in [-0.2, -0.15) is 0 Å². The summed E-state index contributed by atoms with van der Waals surface area (Å²) in [5.41, 5.74) is 3.62. The van der Waals surface area contributed by atoms with Gasteiger partial charge in [0.05, 0.1) is 22.4 Å². The Kier molecular flexibility index (Phi) is 6.75. The highest BCUT2D eigenvalue weighted by atomic mass is 16.7. The maximum absolute atomic E-state index is 6.31. The first-order valence-corrected chi connectivity index (χ1v) is 14.2. The molecule has 0 N–H and O–H groups in total. The predicted octanol–water partition coefficient (Wildman–Crippen LogP) is 5.93. The van der Waals surface area contributed by atoms with Crippen molar-refractivity contribution in [1.29, 1.82) is 0 Å². The van der Waals surface area contributed by atoms with Gasteiger partial charge in [-0.25, -0.2) is 0 Å². The molecule has 6 heteroatoms. The van der Waals surface area contributed by atoms with E-state index < -0.39 is 0 Å². The molecule has 4 nitrogen and oxygen atoms in total. The van der Waals surface area contributed by atoms with Crippen LogP contribution < -0.4 is 10.9 Å². The average Bonchev–Trinajstić information content (AvgIpc) is 3.07. The molecule has 3 fully saturated rings. The van der Waals surface area contributed by atoms with Gasteiger partial charge >= 0.3 is 14.2 Å². The lowest BCUT2D eigenvalue weighted by atomic mass is 9.67. The van der Waals surface area contributed by atoms with Crippen molar-refractivity contribution < 1.29 is 18.6 Å². The molecule has 0 aromatic heterocycles. The van der Waals surface area contributed by atoms with E-state index in [0.717, 1.165) is 10.9 Å². The van der Waals surface area contributed by atoms with Gasteiger partial charge in [-0.15, -0.1) is 0 Å². The minimum Gasteiger partial charge on any atom is -0.399 e. The zero-order valence-electron chi connectivity index (χ0n) is 24.1. The third-order valence-electron chi connectivity index (χ3n) is 9.93. The summed E-state index contributed by atoms with van der Waals surface area (Å²) in [7, 11) is -0.660. The molecule has 2 aromatic rings. The lowest BCUT2D eigenvalue weighted by molar-refractivity contribution is 0.00578. The third-order valence-corrected chi connectivity index (χ3v) is 9.93.